The number of aromatic nitrogens is 1. The van der Waals surface area contributed by atoms with Crippen LogP contribution in [-0.4, -0.2) is 10.5 Å². The lowest BCUT2D eigenvalue weighted by Gasteiger charge is -2.12. The normalized spacial score (nSPS) is 10.9. The predicted molar refractivity (Wildman–Crippen MR) is 96.1 cm³/mol. The highest BCUT2D eigenvalue weighted by molar-refractivity contribution is 6.08. The molecule has 23 heavy (non-hydrogen) atoms. The Morgan fingerprint density at radius 3 is 2.48 bits per heavy atom. The summed E-state index contributed by atoms with van der Waals surface area (Å²) >= 11 is 0. The average Bonchev–Trinajstić information content (AvgIpc) is 2.88. The molecule has 1 heterocycles. The van der Waals surface area contributed by atoms with Gasteiger partial charge in [-0.1, -0.05) is 43.3 Å². The summed E-state index contributed by atoms with van der Waals surface area (Å²) in [6, 6.07) is 16.2. The predicted octanol–water partition coefficient (Wildman–Crippen LogP) is 4.78. The molecule has 0 atom stereocenters. The van der Waals surface area contributed by atoms with Crippen molar-refractivity contribution in [1.29, 1.82) is 0 Å². The van der Waals surface area contributed by atoms with Crippen LogP contribution in [0.1, 0.15) is 35.5 Å². The Labute approximate surface area is 136 Å². The number of hydrogen-bond acceptors (Lipinski definition) is 1. The van der Waals surface area contributed by atoms with Crippen LogP contribution in [0, 0.1) is 6.92 Å². The average molecular weight is 306 g/mol. The number of amides is 1. The van der Waals surface area contributed by atoms with E-state index < -0.39 is 0 Å². The highest BCUT2D eigenvalue weighted by atomic mass is 16.2. The van der Waals surface area contributed by atoms with Gasteiger partial charge >= 0.3 is 0 Å². The number of fused-ring (bicyclic) bond motifs is 1. The fourth-order valence-electron chi connectivity index (χ4n) is 3.23. The van der Waals surface area contributed by atoms with Gasteiger partial charge < -0.3 is 9.88 Å². The van der Waals surface area contributed by atoms with E-state index in [2.05, 4.69) is 41.9 Å². The van der Waals surface area contributed by atoms with Gasteiger partial charge in [-0.05, 0) is 43.5 Å². The fraction of sp³-hybridized carbons (Fsp3) is 0.250. The minimum atomic E-state index is -0.0403. The number of anilines is 1. The molecule has 2 aromatic carbocycles. The summed E-state index contributed by atoms with van der Waals surface area (Å²) in [5.74, 6) is -0.0403. The van der Waals surface area contributed by atoms with Gasteiger partial charge in [-0.25, -0.2) is 0 Å². The maximum absolute atomic E-state index is 12.9. The minimum absolute atomic E-state index is 0.0403. The van der Waals surface area contributed by atoms with Crippen molar-refractivity contribution in [2.45, 2.75) is 33.7 Å². The highest BCUT2D eigenvalue weighted by Crippen LogP contribution is 2.27. The summed E-state index contributed by atoms with van der Waals surface area (Å²) in [5, 5.41) is 4.24. The lowest BCUT2D eigenvalue weighted by atomic mass is 10.1. The van der Waals surface area contributed by atoms with Crippen molar-refractivity contribution in [2.24, 2.45) is 0 Å². The second-order valence-electron chi connectivity index (χ2n) is 5.70. The van der Waals surface area contributed by atoms with Gasteiger partial charge in [-0.15, -0.1) is 0 Å². The molecule has 1 amide bonds. The van der Waals surface area contributed by atoms with E-state index in [1.54, 1.807) is 0 Å². The number of carbonyl (C=O) groups is 1. The second-order valence-corrected chi connectivity index (χ2v) is 5.70. The van der Waals surface area contributed by atoms with Crippen molar-refractivity contribution in [1.82, 2.24) is 4.57 Å². The number of nitrogens with one attached hydrogen (secondary N) is 1. The zero-order valence-corrected chi connectivity index (χ0v) is 13.9. The maximum Gasteiger partial charge on any atom is 0.272 e. The molecule has 0 saturated carbocycles. The van der Waals surface area contributed by atoms with Crippen LogP contribution in [-0.2, 0) is 13.0 Å². The summed E-state index contributed by atoms with van der Waals surface area (Å²) in [5.41, 5.74) is 4.94. The molecule has 0 aliphatic heterocycles. The quantitative estimate of drug-likeness (QED) is 0.739. The van der Waals surface area contributed by atoms with Crippen LogP contribution in [0.5, 0.6) is 0 Å². The summed E-state index contributed by atoms with van der Waals surface area (Å²) in [4.78, 5) is 12.9. The topological polar surface area (TPSA) is 34.0 Å². The standard InChI is InChI=1S/C20H22N2O/c1-4-15-10-6-8-12-17(15)21-20(23)19-14(3)16-11-7-9-13-18(16)22(19)5-2/h6-13H,4-5H2,1-3H3,(H,21,23). The largest absolute Gasteiger partial charge is 0.337 e. The number of nitrogens with zero attached hydrogens (tertiary/aromatic N) is 1. The van der Waals surface area contributed by atoms with E-state index in [1.165, 1.54) is 0 Å². The number of hydrogen-bond donors (Lipinski definition) is 1. The van der Waals surface area contributed by atoms with Gasteiger partial charge in [0.25, 0.3) is 5.91 Å². The van der Waals surface area contributed by atoms with E-state index in [-0.39, 0.29) is 5.91 Å². The minimum Gasteiger partial charge on any atom is -0.337 e. The molecule has 0 fully saturated rings. The monoisotopic (exact) mass is 306 g/mol. The smallest absolute Gasteiger partial charge is 0.272 e. The molecule has 1 aromatic heterocycles. The highest BCUT2D eigenvalue weighted by Gasteiger charge is 2.19. The third-order valence-corrected chi connectivity index (χ3v) is 4.40. The molecule has 3 aromatic rings. The van der Waals surface area contributed by atoms with E-state index >= 15 is 0 Å². The number of carbonyl (C=O) groups excluding carboxylic acids is 1. The van der Waals surface area contributed by atoms with Crippen LogP contribution in [0.4, 0.5) is 5.69 Å². The van der Waals surface area contributed by atoms with E-state index in [4.69, 9.17) is 0 Å². The molecule has 1 N–H and O–H groups in total. The molecule has 3 heteroatoms. The van der Waals surface area contributed by atoms with Crippen LogP contribution in [0.2, 0.25) is 0 Å². The first-order chi connectivity index (χ1) is 11.2. The molecule has 0 radical (unpaired) electrons. The Hall–Kier alpha value is -2.55. The molecule has 0 saturated heterocycles. The third kappa shape index (κ3) is 2.63. The Kier molecular flexibility index (Phi) is 4.20. The molecule has 0 bridgehead atoms. The molecular weight excluding hydrogens is 284 g/mol. The Bertz CT molecular complexity index is 861. The fourth-order valence-corrected chi connectivity index (χ4v) is 3.23. The van der Waals surface area contributed by atoms with Crippen molar-refractivity contribution in [2.75, 3.05) is 5.32 Å². The van der Waals surface area contributed by atoms with E-state index in [0.29, 0.717) is 0 Å². The van der Waals surface area contributed by atoms with Crippen LogP contribution < -0.4 is 5.32 Å². The number of rotatable bonds is 4. The van der Waals surface area contributed by atoms with Gasteiger partial charge in [-0.3, -0.25) is 4.79 Å². The zero-order valence-electron chi connectivity index (χ0n) is 13.9. The van der Waals surface area contributed by atoms with Gasteiger partial charge in [0.05, 0.1) is 0 Å². The van der Waals surface area contributed by atoms with E-state index in [9.17, 15) is 4.79 Å². The van der Waals surface area contributed by atoms with Gasteiger partial charge in [0, 0.05) is 23.1 Å². The molecule has 0 aliphatic rings. The first-order valence-corrected chi connectivity index (χ1v) is 8.14. The molecule has 3 rings (SSSR count). The van der Waals surface area contributed by atoms with Gasteiger partial charge in [0.15, 0.2) is 0 Å². The Morgan fingerprint density at radius 1 is 1.04 bits per heavy atom. The molecule has 0 aliphatic carbocycles. The van der Waals surface area contributed by atoms with Crippen LogP contribution >= 0.6 is 0 Å². The summed E-state index contributed by atoms with van der Waals surface area (Å²) in [6.45, 7) is 6.96. The van der Waals surface area contributed by atoms with Gasteiger partial charge in [0.1, 0.15) is 5.69 Å². The number of aryl methyl sites for hydroxylation is 3. The first kappa shape index (κ1) is 15.3. The summed E-state index contributed by atoms with van der Waals surface area (Å²) < 4.78 is 2.09. The van der Waals surface area contributed by atoms with E-state index in [1.807, 2.05) is 37.3 Å². The Balaban J connectivity index is 2.06. The lowest BCUT2D eigenvalue weighted by Crippen LogP contribution is -2.18. The van der Waals surface area contributed by atoms with Crippen molar-refractivity contribution in [3.05, 3.63) is 65.4 Å². The maximum atomic E-state index is 12.9. The van der Waals surface area contributed by atoms with Crippen molar-refractivity contribution in [3.63, 3.8) is 0 Å². The van der Waals surface area contributed by atoms with Crippen LogP contribution in [0.3, 0.4) is 0 Å². The molecule has 0 unspecified atom stereocenters. The van der Waals surface area contributed by atoms with Crippen molar-refractivity contribution in [3.8, 4) is 0 Å². The first-order valence-electron chi connectivity index (χ1n) is 8.14. The summed E-state index contributed by atoms with van der Waals surface area (Å²) in [6.07, 6.45) is 0.895. The molecule has 0 spiro atoms. The number of para-hydroxylation sites is 2. The molecular formula is C20H22N2O. The zero-order chi connectivity index (χ0) is 16.4. The lowest BCUT2D eigenvalue weighted by molar-refractivity contribution is 0.101. The second kappa shape index (κ2) is 6.29. The van der Waals surface area contributed by atoms with E-state index in [0.717, 1.165) is 46.4 Å². The van der Waals surface area contributed by atoms with Crippen molar-refractivity contribution < 1.29 is 4.79 Å². The summed E-state index contributed by atoms with van der Waals surface area (Å²) in [7, 11) is 0. The van der Waals surface area contributed by atoms with Gasteiger partial charge in [0.2, 0.25) is 0 Å². The third-order valence-electron chi connectivity index (χ3n) is 4.40. The molecule has 3 nitrogen and oxygen atoms in total. The number of benzene rings is 2. The van der Waals surface area contributed by atoms with Crippen LogP contribution in [0.25, 0.3) is 10.9 Å². The van der Waals surface area contributed by atoms with Gasteiger partial charge in [-0.2, -0.15) is 0 Å². The molecule has 118 valence electrons. The Morgan fingerprint density at radius 2 is 1.74 bits per heavy atom. The van der Waals surface area contributed by atoms with Crippen LogP contribution in [0.15, 0.2) is 48.5 Å². The SMILES string of the molecule is CCc1ccccc1NC(=O)c1c(C)c2ccccc2n1CC. The van der Waals surface area contributed by atoms with Crippen molar-refractivity contribution >= 4 is 22.5 Å².